The molecule has 0 aliphatic rings. The number of carbonyl (C=O) groups is 2. The van der Waals surface area contributed by atoms with E-state index in [0.29, 0.717) is 24.2 Å². The average Bonchev–Trinajstić information content (AvgIpc) is 3.32. The first-order valence-electron chi connectivity index (χ1n) is 9.10. The molecule has 7 heteroatoms. The van der Waals surface area contributed by atoms with Gasteiger partial charge in [-0.15, -0.1) is 0 Å². The number of ether oxygens (including phenoxy) is 1. The standard InChI is InChI=1S/C22H21N3O4/c1-15-12-20(16(2)25(15)13-19-4-3-11-28-19)22(27)29-14-21(26)24-18-7-5-17(6-8-18)9-10-23/h3-8,11-12H,9,13-14H2,1-2H3,(H,24,26). The molecule has 0 saturated heterocycles. The lowest BCUT2D eigenvalue weighted by Crippen LogP contribution is -2.21. The number of nitrogens with one attached hydrogen (secondary N) is 1. The highest BCUT2D eigenvalue weighted by Crippen LogP contribution is 2.18. The molecule has 3 aromatic rings. The summed E-state index contributed by atoms with van der Waals surface area (Å²) in [6.07, 6.45) is 1.92. The maximum absolute atomic E-state index is 12.4. The van der Waals surface area contributed by atoms with E-state index in [-0.39, 0.29) is 6.61 Å². The number of nitrogens with zero attached hydrogens (tertiary/aromatic N) is 2. The van der Waals surface area contributed by atoms with Gasteiger partial charge < -0.3 is 19.0 Å². The fraction of sp³-hybridized carbons (Fsp3) is 0.227. The number of nitriles is 1. The van der Waals surface area contributed by atoms with E-state index in [1.165, 1.54) is 0 Å². The summed E-state index contributed by atoms with van der Waals surface area (Å²) in [5, 5.41) is 11.3. The molecule has 1 amide bonds. The van der Waals surface area contributed by atoms with Crippen LogP contribution in [0.2, 0.25) is 0 Å². The predicted octanol–water partition coefficient (Wildman–Crippen LogP) is 3.61. The highest BCUT2D eigenvalue weighted by molar-refractivity contribution is 5.96. The van der Waals surface area contributed by atoms with Gasteiger partial charge in [0.2, 0.25) is 0 Å². The molecule has 0 radical (unpaired) electrons. The fourth-order valence-corrected chi connectivity index (χ4v) is 3.01. The Hall–Kier alpha value is -3.79. The zero-order chi connectivity index (χ0) is 20.8. The monoisotopic (exact) mass is 391 g/mol. The van der Waals surface area contributed by atoms with Crippen LogP contribution < -0.4 is 5.32 Å². The van der Waals surface area contributed by atoms with Crippen LogP contribution in [0.1, 0.15) is 33.1 Å². The van der Waals surface area contributed by atoms with E-state index in [0.717, 1.165) is 22.7 Å². The lowest BCUT2D eigenvalue weighted by molar-refractivity contribution is -0.119. The van der Waals surface area contributed by atoms with Crippen LogP contribution in [0.15, 0.2) is 53.1 Å². The number of carbonyl (C=O) groups excluding carboxylic acids is 2. The van der Waals surface area contributed by atoms with Crippen molar-refractivity contribution in [3.05, 3.63) is 77.0 Å². The molecule has 3 rings (SSSR count). The summed E-state index contributed by atoms with van der Waals surface area (Å²) in [6.45, 7) is 3.85. The van der Waals surface area contributed by atoms with Crippen molar-refractivity contribution in [2.75, 3.05) is 11.9 Å². The Labute approximate surface area is 168 Å². The summed E-state index contributed by atoms with van der Waals surface area (Å²) in [5.74, 6) is -0.203. The van der Waals surface area contributed by atoms with E-state index in [2.05, 4.69) is 11.4 Å². The highest BCUT2D eigenvalue weighted by atomic mass is 16.5. The van der Waals surface area contributed by atoms with Crippen LogP contribution >= 0.6 is 0 Å². The molecule has 29 heavy (non-hydrogen) atoms. The lowest BCUT2D eigenvalue weighted by atomic mass is 10.1. The summed E-state index contributed by atoms with van der Waals surface area (Å²) >= 11 is 0. The minimum Gasteiger partial charge on any atom is -0.467 e. The van der Waals surface area contributed by atoms with Gasteiger partial charge in [0, 0.05) is 17.1 Å². The van der Waals surface area contributed by atoms with Crippen LogP contribution in [-0.2, 0) is 22.5 Å². The van der Waals surface area contributed by atoms with Crippen molar-refractivity contribution < 1.29 is 18.7 Å². The molecular weight excluding hydrogens is 370 g/mol. The number of hydrogen-bond donors (Lipinski definition) is 1. The molecule has 0 fully saturated rings. The Bertz CT molecular complexity index is 1040. The zero-order valence-electron chi connectivity index (χ0n) is 16.3. The Kier molecular flexibility index (Phi) is 6.15. The number of esters is 1. The van der Waals surface area contributed by atoms with Gasteiger partial charge in [-0.25, -0.2) is 4.79 Å². The number of anilines is 1. The largest absolute Gasteiger partial charge is 0.467 e. The molecule has 0 aliphatic heterocycles. The normalized spacial score (nSPS) is 10.4. The van der Waals surface area contributed by atoms with Crippen LogP contribution in [0.5, 0.6) is 0 Å². The number of rotatable bonds is 7. The zero-order valence-corrected chi connectivity index (χ0v) is 16.3. The molecule has 0 spiro atoms. The van der Waals surface area contributed by atoms with E-state index in [1.807, 2.05) is 30.5 Å². The Morgan fingerprint density at radius 1 is 1.21 bits per heavy atom. The maximum Gasteiger partial charge on any atom is 0.340 e. The van der Waals surface area contributed by atoms with Crippen molar-refractivity contribution in [2.24, 2.45) is 0 Å². The van der Waals surface area contributed by atoms with Gasteiger partial charge in [-0.1, -0.05) is 12.1 Å². The van der Waals surface area contributed by atoms with Gasteiger partial charge in [0.15, 0.2) is 6.61 Å². The summed E-state index contributed by atoms with van der Waals surface area (Å²) < 4.78 is 12.5. The van der Waals surface area contributed by atoms with Crippen LogP contribution in [-0.4, -0.2) is 23.1 Å². The number of amides is 1. The quantitative estimate of drug-likeness (QED) is 0.621. The predicted molar refractivity (Wildman–Crippen MR) is 106 cm³/mol. The van der Waals surface area contributed by atoms with E-state index in [1.54, 1.807) is 36.6 Å². The molecule has 148 valence electrons. The molecular formula is C22H21N3O4. The van der Waals surface area contributed by atoms with Gasteiger partial charge in [0.05, 0.1) is 30.9 Å². The molecule has 7 nitrogen and oxygen atoms in total. The molecule has 0 atom stereocenters. The van der Waals surface area contributed by atoms with Gasteiger partial charge in [-0.2, -0.15) is 5.26 Å². The second kappa shape index (κ2) is 8.93. The van der Waals surface area contributed by atoms with Gasteiger partial charge >= 0.3 is 5.97 Å². The minimum absolute atomic E-state index is 0.310. The van der Waals surface area contributed by atoms with Crippen molar-refractivity contribution in [3.63, 3.8) is 0 Å². The molecule has 0 unspecified atom stereocenters. The van der Waals surface area contributed by atoms with Crippen LogP contribution in [0.3, 0.4) is 0 Å². The van der Waals surface area contributed by atoms with Crippen molar-refractivity contribution in [1.82, 2.24) is 4.57 Å². The van der Waals surface area contributed by atoms with Crippen LogP contribution in [0.25, 0.3) is 0 Å². The van der Waals surface area contributed by atoms with Gasteiger partial charge in [0.1, 0.15) is 5.76 Å². The third kappa shape index (κ3) is 4.93. The third-order valence-corrected chi connectivity index (χ3v) is 4.54. The molecule has 2 aromatic heterocycles. The highest BCUT2D eigenvalue weighted by Gasteiger charge is 2.18. The number of aryl methyl sites for hydroxylation is 1. The summed E-state index contributed by atoms with van der Waals surface area (Å²) in [4.78, 5) is 24.5. The van der Waals surface area contributed by atoms with Crippen molar-refractivity contribution in [3.8, 4) is 6.07 Å². The van der Waals surface area contributed by atoms with Gasteiger partial charge in [0.25, 0.3) is 5.91 Å². The maximum atomic E-state index is 12.4. The second-order valence-corrected chi connectivity index (χ2v) is 6.61. The summed E-state index contributed by atoms with van der Waals surface area (Å²) in [7, 11) is 0. The average molecular weight is 391 g/mol. The smallest absolute Gasteiger partial charge is 0.340 e. The Morgan fingerprint density at radius 3 is 2.62 bits per heavy atom. The van der Waals surface area contributed by atoms with E-state index < -0.39 is 11.9 Å². The Morgan fingerprint density at radius 2 is 1.97 bits per heavy atom. The number of aromatic nitrogens is 1. The molecule has 0 aliphatic carbocycles. The lowest BCUT2D eigenvalue weighted by Gasteiger charge is -2.09. The van der Waals surface area contributed by atoms with E-state index in [4.69, 9.17) is 14.4 Å². The van der Waals surface area contributed by atoms with Crippen molar-refractivity contribution >= 4 is 17.6 Å². The second-order valence-electron chi connectivity index (χ2n) is 6.61. The molecule has 2 heterocycles. The third-order valence-electron chi connectivity index (χ3n) is 4.54. The van der Waals surface area contributed by atoms with E-state index in [9.17, 15) is 9.59 Å². The van der Waals surface area contributed by atoms with Crippen molar-refractivity contribution in [1.29, 1.82) is 5.26 Å². The van der Waals surface area contributed by atoms with Crippen LogP contribution in [0, 0.1) is 25.2 Å². The minimum atomic E-state index is -0.552. The van der Waals surface area contributed by atoms with Gasteiger partial charge in [-0.3, -0.25) is 4.79 Å². The first-order chi connectivity index (χ1) is 14.0. The van der Waals surface area contributed by atoms with Crippen LogP contribution in [0.4, 0.5) is 5.69 Å². The molecule has 1 N–H and O–H groups in total. The topological polar surface area (TPSA) is 97.3 Å². The SMILES string of the molecule is Cc1cc(C(=O)OCC(=O)Nc2ccc(CC#N)cc2)c(C)n1Cc1ccco1. The number of hydrogen-bond acceptors (Lipinski definition) is 5. The molecule has 1 aromatic carbocycles. The molecule has 0 saturated carbocycles. The number of benzene rings is 1. The first-order valence-corrected chi connectivity index (χ1v) is 9.10. The summed E-state index contributed by atoms with van der Waals surface area (Å²) in [6, 6.07) is 14.4. The van der Waals surface area contributed by atoms with Crippen molar-refractivity contribution in [2.45, 2.75) is 26.8 Å². The number of furan rings is 1. The Balaban J connectivity index is 1.57. The summed E-state index contributed by atoms with van der Waals surface area (Å²) in [5.41, 5.74) is 3.50. The fourth-order valence-electron chi connectivity index (χ4n) is 3.01. The first kappa shape index (κ1) is 20.0. The van der Waals surface area contributed by atoms with E-state index >= 15 is 0 Å². The van der Waals surface area contributed by atoms with Gasteiger partial charge in [-0.05, 0) is 49.7 Å². The molecule has 0 bridgehead atoms.